The number of rotatable bonds is 3. The van der Waals surface area contributed by atoms with E-state index in [2.05, 4.69) is 46.8 Å². The molecule has 0 fully saturated rings. The second-order valence-corrected chi connectivity index (χ2v) is 12.3. The third-order valence-electron chi connectivity index (χ3n) is 7.26. The summed E-state index contributed by atoms with van der Waals surface area (Å²) in [4.78, 5) is 33.6. The molecule has 1 aliphatic rings. The molecule has 37 heavy (non-hydrogen) atoms. The maximum atomic E-state index is 13.9. The Kier molecular flexibility index (Phi) is 4.81. The SMILES string of the molecule is Cc1cc(-c2c3nccnc3c(-c3cc(C)c(C(C)C)s3)c3c2nc2n3C(=O)c3ccccc3-2)sc1C. The lowest BCUT2D eigenvalue weighted by molar-refractivity contribution is 0.0973. The van der Waals surface area contributed by atoms with Gasteiger partial charge in [0.05, 0.1) is 11.1 Å². The molecule has 7 rings (SSSR count). The predicted octanol–water partition coefficient (Wildman–Crippen LogP) is 8.15. The first-order valence-electron chi connectivity index (χ1n) is 12.4. The molecule has 0 saturated heterocycles. The maximum Gasteiger partial charge on any atom is 0.264 e. The molecule has 0 aliphatic carbocycles. The van der Waals surface area contributed by atoms with E-state index in [4.69, 9.17) is 15.0 Å². The van der Waals surface area contributed by atoms with E-state index in [-0.39, 0.29) is 5.91 Å². The summed E-state index contributed by atoms with van der Waals surface area (Å²) in [6.45, 7) is 10.9. The molecule has 0 atom stereocenters. The maximum absolute atomic E-state index is 13.9. The highest BCUT2D eigenvalue weighted by Gasteiger charge is 2.34. The van der Waals surface area contributed by atoms with Crippen molar-refractivity contribution in [1.29, 1.82) is 0 Å². The van der Waals surface area contributed by atoms with Crippen LogP contribution in [0.25, 0.3) is 54.3 Å². The first-order chi connectivity index (χ1) is 17.8. The smallest absolute Gasteiger partial charge is 0.264 e. The van der Waals surface area contributed by atoms with Crippen molar-refractivity contribution in [3.05, 3.63) is 75.2 Å². The van der Waals surface area contributed by atoms with Crippen molar-refractivity contribution in [1.82, 2.24) is 19.5 Å². The number of hydrogen-bond donors (Lipinski definition) is 0. The summed E-state index contributed by atoms with van der Waals surface area (Å²) in [6, 6.07) is 12.2. The predicted molar refractivity (Wildman–Crippen MR) is 153 cm³/mol. The number of benzene rings is 2. The summed E-state index contributed by atoms with van der Waals surface area (Å²) in [5.74, 6) is 1.06. The lowest BCUT2D eigenvalue weighted by Crippen LogP contribution is -2.07. The number of aromatic nitrogens is 4. The summed E-state index contributed by atoms with van der Waals surface area (Å²) in [7, 11) is 0. The van der Waals surface area contributed by atoms with Crippen molar-refractivity contribution in [2.75, 3.05) is 0 Å². The van der Waals surface area contributed by atoms with Crippen LogP contribution in [-0.2, 0) is 0 Å². The van der Waals surface area contributed by atoms with Gasteiger partial charge >= 0.3 is 0 Å². The number of carbonyl (C=O) groups is 1. The average Bonchev–Trinajstić information content (AvgIpc) is 3.61. The van der Waals surface area contributed by atoms with Gasteiger partial charge < -0.3 is 0 Å². The molecular weight excluding hydrogens is 496 g/mol. The number of thiophene rings is 2. The third kappa shape index (κ3) is 3.07. The van der Waals surface area contributed by atoms with Crippen LogP contribution in [0.5, 0.6) is 0 Å². The molecule has 6 aromatic rings. The second kappa shape index (κ2) is 7.91. The fourth-order valence-corrected chi connectivity index (χ4v) is 7.78. The Bertz CT molecular complexity index is 1900. The Balaban J connectivity index is 1.70. The average molecular weight is 521 g/mol. The number of imidazole rings is 1. The van der Waals surface area contributed by atoms with Gasteiger partial charge in [0.15, 0.2) is 0 Å². The van der Waals surface area contributed by atoms with E-state index >= 15 is 0 Å². The van der Waals surface area contributed by atoms with Gasteiger partial charge in [0.25, 0.3) is 5.91 Å². The molecule has 0 bridgehead atoms. The van der Waals surface area contributed by atoms with Crippen LogP contribution in [0, 0.1) is 20.8 Å². The largest absolute Gasteiger partial charge is 0.268 e. The fourth-order valence-electron chi connectivity index (χ4n) is 5.47. The Labute approximate surface area is 222 Å². The van der Waals surface area contributed by atoms with Crippen molar-refractivity contribution < 1.29 is 4.79 Å². The molecule has 5 heterocycles. The number of carbonyl (C=O) groups excluding carboxylic acids is 1. The minimum Gasteiger partial charge on any atom is -0.268 e. The molecule has 0 radical (unpaired) electrons. The van der Waals surface area contributed by atoms with Gasteiger partial charge in [-0.15, -0.1) is 22.7 Å². The van der Waals surface area contributed by atoms with Crippen LogP contribution < -0.4 is 0 Å². The normalized spacial score (nSPS) is 12.8. The lowest BCUT2D eigenvalue weighted by atomic mass is 10.0. The van der Waals surface area contributed by atoms with E-state index in [1.807, 2.05) is 28.8 Å². The first kappa shape index (κ1) is 22.5. The molecule has 4 aromatic heterocycles. The number of fused-ring (bicyclic) bond motifs is 6. The lowest BCUT2D eigenvalue weighted by Gasteiger charge is -2.12. The minimum absolute atomic E-state index is 0.0422. The van der Waals surface area contributed by atoms with Crippen LogP contribution in [0.1, 0.15) is 51.0 Å². The van der Waals surface area contributed by atoms with Crippen LogP contribution in [0.4, 0.5) is 0 Å². The van der Waals surface area contributed by atoms with E-state index in [1.54, 1.807) is 35.1 Å². The number of hydrogen-bond acceptors (Lipinski definition) is 6. The molecule has 0 amide bonds. The topological polar surface area (TPSA) is 60.7 Å². The van der Waals surface area contributed by atoms with Gasteiger partial charge in [-0.2, -0.15) is 0 Å². The van der Waals surface area contributed by atoms with Gasteiger partial charge in [-0.25, -0.2) is 4.98 Å². The molecule has 0 unspecified atom stereocenters. The van der Waals surface area contributed by atoms with Gasteiger partial charge in [-0.3, -0.25) is 19.3 Å². The second-order valence-electron chi connectivity index (χ2n) is 9.98. The molecule has 0 saturated carbocycles. The highest BCUT2D eigenvalue weighted by Crippen LogP contribution is 2.49. The first-order valence-corrected chi connectivity index (χ1v) is 14.0. The molecule has 182 valence electrons. The van der Waals surface area contributed by atoms with Gasteiger partial charge in [0.2, 0.25) is 0 Å². The molecule has 5 nitrogen and oxygen atoms in total. The van der Waals surface area contributed by atoms with Gasteiger partial charge in [0.1, 0.15) is 22.4 Å². The monoisotopic (exact) mass is 520 g/mol. The van der Waals surface area contributed by atoms with Gasteiger partial charge in [0, 0.05) is 48.6 Å². The zero-order valence-electron chi connectivity index (χ0n) is 21.2. The number of nitrogens with zero attached hydrogens (tertiary/aromatic N) is 4. The van der Waals surface area contributed by atoms with Gasteiger partial charge in [-0.1, -0.05) is 32.0 Å². The molecule has 0 spiro atoms. The zero-order chi connectivity index (χ0) is 25.6. The van der Waals surface area contributed by atoms with Crippen molar-refractivity contribution in [2.24, 2.45) is 0 Å². The highest BCUT2D eigenvalue weighted by molar-refractivity contribution is 7.16. The Hall–Kier alpha value is -3.68. The van der Waals surface area contributed by atoms with Crippen LogP contribution in [0.2, 0.25) is 0 Å². The summed E-state index contributed by atoms with van der Waals surface area (Å²) in [5.41, 5.74) is 9.18. The molecule has 7 heteroatoms. The van der Waals surface area contributed by atoms with Gasteiger partial charge in [-0.05, 0) is 56.0 Å². The van der Waals surface area contributed by atoms with E-state index < -0.39 is 0 Å². The van der Waals surface area contributed by atoms with Crippen LogP contribution in [0.3, 0.4) is 0 Å². The summed E-state index contributed by atoms with van der Waals surface area (Å²) in [5, 5.41) is 0. The van der Waals surface area contributed by atoms with E-state index in [1.165, 1.54) is 20.9 Å². The van der Waals surface area contributed by atoms with Crippen molar-refractivity contribution in [3.63, 3.8) is 0 Å². The Morgan fingerprint density at radius 2 is 1.46 bits per heavy atom. The molecule has 0 N–H and O–H groups in total. The Morgan fingerprint density at radius 1 is 0.811 bits per heavy atom. The van der Waals surface area contributed by atoms with Crippen LogP contribution in [-0.4, -0.2) is 25.4 Å². The van der Waals surface area contributed by atoms with E-state index in [9.17, 15) is 4.79 Å². The fraction of sp³-hybridized carbons (Fsp3) is 0.200. The van der Waals surface area contributed by atoms with E-state index in [0.717, 1.165) is 48.5 Å². The van der Waals surface area contributed by atoms with Crippen molar-refractivity contribution in [2.45, 2.75) is 40.5 Å². The van der Waals surface area contributed by atoms with Crippen LogP contribution in [0.15, 0.2) is 48.8 Å². The number of aryl methyl sites for hydroxylation is 3. The summed E-state index contributed by atoms with van der Waals surface area (Å²) >= 11 is 3.51. The third-order valence-corrected chi connectivity index (χ3v) is 9.99. The van der Waals surface area contributed by atoms with E-state index in [0.29, 0.717) is 17.3 Å². The standard InChI is InChI=1S/C30H24N4OS2/c1-14(2)28-16(4)13-21(37-28)23-25-24(31-10-11-32-25)22(20-12-15(3)17(5)36-20)26-27(23)34-29(33-26)18-8-6-7-9-19(18)30(34)35/h6-14H,1-5H3. The molecular formula is C30H24N4OS2. The highest BCUT2D eigenvalue weighted by atomic mass is 32.1. The van der Waals surface area contributed by atoms with Crippen LogP contribution >= 0.6 is 22.7 Å². The summed E-state index contributed by atoms with van der Waals surface area (Å²) in [6.07, 6.45) is 3.49. The van der Waals surface area contributed by atoms with Crippen molar-refractivity contribution >= 4 is 50.6 Å². The Morgan fingerprint density at radius 3 is 2.11 bits per heavy atom. The summed E-state index contributed by atoms with van der Waals surface area (Å²) < 4.78 is 1.81. The quantitative estimate of drug-likeness (QED) is 0.236. The zero-order valence-corrected chi connectivity index (χ0v) is 22.8. The molecule has 2 aromatic carbocycles. The minimum atomic E-state index is -0.0422. The van der Waals surface area contributed by atoms with Crippen molar-refractivity contribution in [3.8, 4) is 32.3 Å². The molecule has 1 aliphatic heterocycles.